The summed E-state index contributed by atoms with van der Waals surface area (Å²) >= 11 is 0. The quantitative estimate of drug-likeness (QED) is 0.488. The number of fused-ring (bicyclic) bond motifs is 1. The highest BCUT2D eigenvalue weighted by Gasteiger charge is 2.08. The Morgan fingerprint density at radius 1 is 1.12 bits per heavy atom. The monoisotopic (exact) mass is 327 g/mol. The van der Waals surface area contributed by atoms with Gasteiger partial charge in [-0.2, -0.15) is 0 Å². The summed E-state index contributed by atoms with van der Waals surface area (Å²) in [7, 11) is 0. The molecule has 1 aromatic carbocycles. The number of rotatable bonds is 4. The van der Waals surface area contributed by atoms with E-state index in [9.17, 15) is 14.4 Å². The summed E-state index contributed by atoms with van der Waals surface area (Å²) in [6.07, 6.45) is 1.60. The maximum absolute atomic E-state index is 11.7. The van der Waals surface area contributed by atoms with Crippen molar-refractivity contribution in [2.24, 2.45) is 0 Å². The summed E-state index contributed by atoms with van der Waals surface area (Å²) < 4.78 is 10.3. The summed E-state index contributed by atoms with van der Waals surface area (Å²) in [5, 5.41) is 0.740. The Balaban J connectivity index is 1.54. The molecule has 122 valence electrons. The molecule has 0 spiro atoms. The van der Waals surface area contributed by atoms with Crippen LogP contribution in [0.15, 0.2) is 57.9 Å². The second-order valence-electron chi connectivity index (χ2n) is 4.83. The first kappa shape index (κ1) is 15.3. The van der Waals surface area contributed by atoms with E-state index >= 15 is 0 Å². The zero-order valence-corrected chi connectivity index (χ0v) is 12.4. The number of aromatic nitrogens is 1. The Kier molecular flexibility index (Phi) is 4.28. The van der Waals surface area contributed by atoms with Gasteiger partial charge in [-0.25, -0.2) is 4.79 Å². The molecular weight excluding hydrogens is 314 g/mol. The van der Waals surface area contributed by atoms with Crippen molar-refractivity contribution in [1.82, 2.24) is 15.8 Å². The van der Waals surface area contributed by atoms with E-state index in [-0.39, 0.29) is 6.61 Å². The molecule has 2 aromatic heterocycles. The van der Waals surface area contributed by atoms with Gasteiger partial charge < -0.3 is 14.1 Å². The zero-order chi connectivity index (χ0) is 16.9. The third kappa shape index (κ3) is 3.61. The van der Waals surface area contributed by atoms with Crippen LogP contribution in [-0.2, 0) is 4.79 Å². The van der Waals surface area contributed by atoms with Crippen molar-refractivity contribution >= 4 is 22.8 Å². The average molecular weight is 327 g/mol. The SMILES string of the molecule is O=C(COc1ccc2ccc(=O)oc2c1)NNC(=O)c1ccc[nH]1. The van der Waals surface area contributed by atoms with Gasteiger partial charge in [0.05, 0.1) is 0 Å². The number of H-pyrrole nitrogens is 1. The molecule has 8 heteroatoms. The lowest BCUT2D eigenvalue weighted by atomic mass is 10.2. The van der Waals surface area contributed by atoms with Gasteiger partial charge in [-0.15, -0.1) is 0 Å². The Morgan fingerprint density at radius 2 is 1.96 bits per heavy atom. The Bertz CT molecular complexity index is 930. The first-order chi connectivity index (χ1) is 11.6. The molecule has 0 aliphatic rings. The van der Waals surface area contributed by atoms with Crippen LogP contribution in [0.1, 0.15) is 10.5 Å². The average Bonchev–Trinajstić information content (AvgIpc) is 3.12. The number of nitrogens with one attached hydrogen (secondary N) is 3. The molecular formula is C16H13N3O5. The standard InChI is InChI=1S/C16H13N3O5/c20-14(18-19-16(22)12-2-1-7-17-12)9-23-11-5-3-10-4-6-15(21)24-13(10)8-11/h1-8,17H,9H2,(H,18,20)(H,19,22). The molecule has 8 nitrogen and oxygen atoms in total. The molecule has 3 rings (SSSR count). The molecule has 0 aliphatic heterocycles. The number of amides is 2. The number of hydrazine groups is 1. The molecule has 0 radical (unpaired) electrons. The molecule has 0 unspecified atom stereocenters. The van der Waals surface area contributed by atoms with E-state index in [0.717, 1.165) is 5.39 Å². The van der Waals surface area contributed by atoms with Gasteiger partial charge in [-0.05, 0) is 30.3 Å². The van der Waals surface area contributed by atoms with Gasteiger partial charge in [-0.1, -0.05) is 0 Å². The van der Waals surface area contributed by atoms with E-state index in [2.05, 4.69) is 15.8 Å². The van der Waals surface area contributed by atoms with Crippen LogP contribution in [0, 0.1) is 0 Å². The van der Waals surface area contributed by atoms with Crippen LogP contribution < -0.4 is 21.2 Å². The smallest absolute Gasteiger partial charge is 0.336 e. The predicted molar refractivity (Wildman–Crippen MR) is 84.4 cm³/mol. The summed E-state index contributed by atoms with van der Waals surface area (Å²) in [6.45, 7) is -0.312. The van der Waals surface area contributed by atoms with Crippen molar-refractivity contribution in [1.29, 1.82) is 0 Å². The molecule has 0 fully saturated rings. The van der Waals surface area contributed by atoms with Crippen LogP contribution in [0.2, 0.25) is 0 Å². The molecule has 0 saturated carbocycles. The molecule has 2 heterocycles. The lowest BCUT2D eigenvalue weighted by molar-refractivity contribution is -0.123. The highest BCUT2D eigenvalue weighted by molar-refractivity contribution is 5.93. The second kappa shape index (κ2) is 6.69. The summed E-state index contributed by atoms with van der Waals surface area (Å²) in [6, 6.07) is 11.1. The van der Waals surface area contributed by atoms with E-state index in [1.54, 1.807) is 36.5 Å². The first-order valence-electron chi connectivity index (χ1n) is 7.01. The van der Waals surface area contributed by atoms with E-state index in [4.69, 9.17) is 9.15 Å². The Morgan fingerprint density at radius 3 is 2.75 bits per heavy atom. The van der Waals surface area contributed by atoms with E-state index < -0.39 is 17.4 Å². The van der Waals surface area contributed by atoms with E-state index in [0.29, 0.717) is 17.0 Å². The van der Waals surface area contributed by atoms with Gasteiger partial charge in [0.25, 0.3) is 11.8 Å². The van der Waals surface area contributed by atoms with Crippen LogP contribution >= 0.6 is 0 Å². The highest BCUT2D eigenvalue weighted by Crippen LogP contribution is 2.19. The lowest BCUT2D eigenvalue weighted by Crippen LogP contribution is -2.43. The Labute approximate surface area is 135 Å². The van der Waals surface area contributed by atoms with Crippen LogP contribution in [0.25, 0.3) is 11.0 Å². The molecule has 24 heavy (non-hydrogen) atoms. The number of aromatic amines is 1. The Hall–Kier alpha value is -3.55. The maximum Gasteiger partial charge on any atom is 0.336 e. The summed E-state index contributed by atoms with van der Waals surface area (Å²) in [4.78, 5) is 37.2. The molecule has 0 aliphatic carbocycles. The normalized spacial score (nSPS) is 10.3. The fraction of sp³-hybridized carbons (Fsp3) is 0.0625. The fourth-order valence-electron chi connectivity index (χ4n) is 1.98. The van der Waals surface area contributed by atoms with E-state index in [1.807, 2.05) is 0 Å². The third-order valence-corrected chi connectivity index (χ3v) is 3.12. The van der Waals surface area contributed by atoms with Crippen LogP contribution in [0.4, 0.5) is 0 Å². The van der Waals surface area contributed by atoms with Crippen molar-refractivity contribution in [2.75, 3.05) is 6.61 Å². The van der Waals surface area contributed by atoms with Gasteiger partial charge in [-0.3, -0.25) is 20.4 Å². The highest BCUT2D eigenvalue weighted by atomic mass is 16.5. The zero-order valence-electron chi connectivity index (χ0n) is 12.4. The minimum absolute atomic E-state index is 0.312. The van der Waals surface area contributed by atoms with Crippen molar-refractivity contribution in [3.05, 3.63) is 64.8 Å². The lowest BCUT2D eigenvalue weighted by Gasteiger charge is -2.08. The molecule has 0 bridgehead atoms. The number of carbonyl (C=O) groups excluding carboxylic acids is 2. The minimum Gasteiger partial charge on any atom is -0.484 e. The van der Waals surface area contributed by atoms with Crippen molar-refractivity contribution in [3.8, 4) is 5.75 Å². The predicted octanol–water partition coefficient (Wildman–Crippen LogP) is 0.961. The van der Waals surface area contributed by atoms with Crippen molar-refractivity contribution in [2.45, 2.75) is 0 Å². The van der Waals surface area contributed by atoms with Crippen molar-refractivity contribution < 1.29 is 18.7 Å². The van der Waals surface area contributed by atoms with Crippen LogP contribution in [0.3, 0.4) is 0 Å². The third-order valence-electron chi connectivity index (χ3n) is 3.12. The van der Waals surface area contributed by atoms with Gasteiger partial charge in [0, 0.05) is 23.7 Å². The largest absolute Gasteiger partial charge is 0.484 e. The first-order valence-corrected chi connectivity index (χ1v) is 7.01. The van der Waals surface area contributed by atoms with Gasteiger partial charge in [0.2, 0.25) is 0 Å². The van der Waals surface area contributed by atoms with Crippen LogP contribution in [0.5, 0.6) is 5.75 Å². The number of hydrogen-bond acceptors (Lipinski definition) is 5. The number of benzene rings is 1. The molecule has 0 atom stereocenters. The molecule has 0 saturated heterocycles. The van der Waals surface area contributed by atoms with E-state index in [1.165, 1.54) is 12.1 Å². The summed E-state index contributed by atoms with van der Waals surface area (Å²) in [5.74, 6) is -0.645. The maximum atomic E-state index is 11.7. The van der Waals surface area contributed by atoms with Crippen LogP contribution in [-0.4, -0.2) is 23.4 Å². The topological polar surface area (TPSA) is 113 Å². The van der Waals surface area contributed by atoms with Gasteiger partial charge >= 0.3 is 5.63 Å². The molecule has 3 aromatic rings. The number of hydrogen-bond donors (Lipinski definition) is 3. The second-order valence-corrected chi connectivity index (χ2v) is 4.83. The summed E-state index contributed by atoms with van der Waals surface area (Å²) in [5.41, 5.74) is 4.69. The molecule has 3 N–H and O–H groups in total. The number of ether oxygens (including phenoxy) is 1. The fourth-order valence-corrected chi connectivity index (χ4v) is 1.98. The number of carbonyl (C=O) groups is 2. The molecule has 2 amide bonds. The van der Waals surface area contributed by atoms with Gasteiger partial charge in [0.1, 0.15) is 17.0 Å². The minimum atomic E-state index is -0.537. The van der Waals surface area contributed by atoms with Gasteiger partial charge in [0.15, 0.2) is 6.61 Å². The van der Waals surface area contributed by atoms with Crippen molar-refractivity contribution in [3.63, 3.8) is 0 Å².